The summed E-state index contributed by atoms with van der Waals surface area (Å²) in [5, 5.41) is 9.56. The molecule has 4 heterocycles. The number of methoxy groups -OCH3 is 2. The van der Waals surface area contributed by atoms with Crippen molar-refractivity contribution in [2.45, 2.75) is 95.5 Å². The summed E-state index contributed by atoms with van der Waals surface area (Å²) in [6, 6.07) is 7.97. The Morgan fingerprint density at radius 1 is 0.869 bits per heavy atom. The molecule has 0 aromatic carbocycles. The highest BCUT2D eigenvalue weighted by Crippen LogP contribution is 2.45. The van der Waals surface area contributed by atoms with Crippen molar-refractivity contribution in [1.29, 1.82) is 0 Å². The van der Waals surface area contributed by atoms with E-state index in [-0.39, 0.29) is 38.6 Å². The molecule has 5 rings (SSSR count). The van der Waals surface area contributed by atoms with E-state index in [0.717, 1.165) is 51.7 Å². The van der Waals surface area contributed by atoms with Crippen LogP contribution in [0.15, 0.2) is 43.4 Å². The van der Waals surface area contributed by atoms with Gasteiger partial charge in [0.1, 0.15) is 37.3 Å². The third-order valence-corrected chi connectivity index (χ3v) is 14.2. The van der Waals surface area contributed by atoms with Crippen molar-refractivity contribution in [2.75, 3.05) is 78.8 Å². The maximum absolute atomic E-state index is 13.7. The summed E-state index contributed by atoms with van der Waals surface area (Å²) >= 11 is 0. The van der Waals surface area contributed by atoms with Crippen molar-refractivity contribution in [3.8, 4) is 22.5 Å². The number of rotatable bonds is 25. The monoisotopic (exact) mass is 879 g/mol. The molecule has 0 radical (unpaired) electrons. The standard InChI is InChI=1S/C44H69N7O8Si2/c1-12-57-33(2)39-40(34-15-18-44(19-16-34,59-24-22-54-5)43(52)58-23-21-53-4)47-41-36(35-13-14-37(45-29-35)38-17-20-49(3)48-38)30-46-51(41)42(39)50(31-55-25-27-60(6,7)8)32-56-26-28-61(9,10)11/h13-14,17,20,29-30,34H,2,12,15-16,18-19,21-28,31-32H2,1,3-11H3/t34-,44-. The van der Waals surface area contributed by atoms with Gasteiger partial charge in [-0.15, -0.1) is 0 Å². The summed E-state index contributed by atoms with van der Waals surface area (Å²) in [7, 11) is 2.33. The molecular weight excluding hydrogens is 811 g/mol. The number of fused-ring (bicyclic) bond motifs is 1. The van der Waals surface area contributed by atoms with Crippen LogP contribution in [-0.2, 0) is 45.0 Å². The Hall–Kier alpha value is -3.98. The minimum absolute atomic E-state index is 0.100. The number of hydrogen-bond donors (Lipinski definition) is 0. The van der Waals surface area contributed by atoms with Crippen LogP contribution < -0.4 is 4.90 Å². The van der Waals surface area contributed by atoms with Crippen LogP contribution in [0.1, 0.15) is 49.8 Å². The molecule has 4 aromatic rings. The molecule has 0 saturated heterocycles. The number of ether oxygens (including phenoxy) is 7. The fourth-order valence-electron chi connectivity index (χ4n) is 7.26. The zero-order valence-corrected chi connectivity index (χ0v) is 40.3. The summed E-state index contributed by atoms with van der Waals surface area (Å²) in [6.07, 6.45) is 7.59. The largest absolute Gasteiger partial charge is 0.494 e. The number of aryl methyl sites for hydroxylation is 1. The lowest BCUT2D eigenvalue weighted by Crippen LogP contribution is -2.47. The summed E-state index contributed by atoms with van der Waals surface area (Å²) in [5.74, 6) is 0.702. The lowest BCUT2D eigenvalue weighted by molar-refractivity contribution is -0.180. The van der Waals surface area contributed by atoms with Crippen molar-refractivity contribution in [3.63, 3.8) is 0 Å². The van der Waals surface area contributed by atoms with Crippen molar-refractivity contribution >= 4 is 39.3 Å². The van der Waals surface area contributed by atoms with Crippen LogP contribution in [0, 0.1) is 0 Å². The van der Waals surface area contributed by atoms with Gasteiger partial charge in [-0.1, -0.05) is 51.9 Å². The van der Waals surface area contributed by atoms with Crippen molar-refractivity contribution in [3.05, 3.63) is 54.6 Å². The van der Waals surface area contributed by atoms with E-state index in [4.69, 9.17) is 48.2 Å². The van der Waals surface area contributed by atoms with E-state index in [9.17, 15) is 4.79 Å². The summed E-state index contributed by atoms with van der Waals surface area (Å²) in [4.78, 5) is 26.1. The van der Waals surface area contributed by atoms with Gasteiger partial charge in [0, 0.05) is 80.1 Å². The van der Waals surface area contributed by atoms with Crippen LogP contribution in [0.2, 0.25) is 51.4 Å². The molecule has 1 aliphatic rings. The van der Waals surface area contributed by atoms with Crippen LogP contribution >= 0.6 is 0 Å². The molecule has 4 aromatic heterocycles. The predicted octanol–water partition coefficient (Wildman–Crippen LogP) is 7.88. The fraction of sp³-hybridized carbons (Fsp3) is 0.614. The fourth-order valence-corrected chi connectivity index (χ4v) is 8.77. The maximum atomic E-state index is 13.7. The highest BCUT2D eigenvalue weighted by Gasteiger charge is 2.46. The van der Waals surface area contributed by atoms with Gasteiger partial charge in [-0.05, 0) is 56.8 Å². The molecule has 0 atom stereocenters. The van der Waals surface area contributed by atoms with E-state index in [2.05, 4.69) is 55.9 Å². The molecule has 15 nitrogen and oxygen atoms in total. The summed E-state index contributed by atoms with van der Waals surface area (Å²) < 4.78 is 45.4. The van der Waals surface area contributed by atoms with Gasteiger partial charge in [0.25, 0.3) is 0 Å². The van der Waals surface area contributed by atoms with Crippen molar-refractivity contribution in [1.82, 2.24) is 29.4 Å². The molecular formula is C44H69N7O8Si2. The first-order chi connectivity index (χ1) is 29.1. The Labute approximate surface area is 364 Å². The second-order valence-electron chi connectivity index (χ2n) is 18.1. The number of hydrogen-bond acceptors (Lipinski definition) is 13. The minimum atomic E-state index is -1.37. The minimum Gasteiger partial charge on any atom is -0.494 e. The quantitative estimate of drug-likeness (QED) is 0.0209. The Morgan fingerprint density at radius 2 is 1.52 bits per heavy atom. The Morgan fingerprint density at radius 3 is 2.08 bits per heavy atom. The van der Waals surface area contributed by atoms with Gasteiger partial charge in [0.05, 0.1) is 49.6 Å². The predicted molar refractivity (Wildman–Crippen MR) is 244 cm³/mol. The number of pyridine rings is 1. The molecule has 61 heavy (non-hydrogen) atoms. The van der Waals surface area contributed by atoms with E-state index in [1.165, 1.54) is 0 Å². The maximum Gasteiger partial charge on any atom is 0.338 e. The lowest BCUT2D eigenvalue weighted by atomic mass is 9.76. The molecule has 0 aliphatic heterocycles. The number of nitrogens with zero attached hydrogens (tertiary/aromatic N) is 7. The van der Waals surface area contributed by atoms with Crippen LogP contribution in [0.25, 0.3) is 33.9 Å². The first-order valence-electron chi connectivity index (χ1n) is 21.5. The Kier molecular flexibility index (Phi) is 17.2. The third-order valence-electron chi connectivity index (χ3n) is 10.8. The second kappa shape index (κ2) is 21.9. The number of carbonyl (C=O) groups is 1. The number of aromatic nitrogens is 6. The highest BCUT2D eigenvalue weighted by molar-refractivity contribution is 6.76. The van der Waals surface area contributed by atoms with Crippen LogP contribution in [0.4, 0.5) is 5.82 Å². The Bertz CT molecular complexity index is 2000. The molecule has 17 heteroatoms. The number of esters is 1. The smallest absolute Gasteiger partial charge is 0.338 e. The lowest BCUT2D eigenvalue weighted by Gasteiger charge is -2.38. The topological polar surface area (TPSA) is 146 Å². The van der Waals surface area contributed by atoms with Gasteiger partial charge in [-0.3, -0.25) is 9.67 Å². The van der Waals surface area contributed by atoms with Crippen LogP contribution in [-0.4, -0.2) is 131 Å². The molecule has 0 N–H and O–H groups in total. The Balaban J connectivity index is 1.65. The van der Waals surface area contributed by atoms with E-state index >= 15 is 0 Å². The average molecular weight is 880 g/mol. The molecule has 0 unspecified atom stereocenters. The van der Waals surface area contributed by atoms with E-state index < -0.39 is 21.7 Å². The zero-order valence-electron chi connectivity index (χ0n) is 38.3. The summed E-state index contributed by atoms with van der Waals surface area (Å²) in [5.41, 5.74) is 4.27. The first kappa shape index (κ1) is 48.1. The molecule has 0 bridgehead atoms. The molecule has 336 valence electrons. The summed E-state index contributed by atoms with van der Waals surface area (Å²) in [6.45, 7) is 23.7. The molecule has 0 spiro atoms. The van der Waals surface area contributed by atoms with Crippen LogP contribution in [0.5, 0.6) is 0 Å². The van der Waals surface area contributed by atoms with Gasteiger partial charge in [-0.2, -0.15) is 14.7 Å². The first-order valence-corrected chi connectivity index (χ1v) is 28.9. The van der Waals surface area contributed by atoms with Gasteiger partial charge in [-0.25, -0.2) is 9.78 Å². The van der Waals surface area contributed by atoms with Gasteiger partial charge in [0.2, 0.25) is 0 Å². The van der Waals surface area contributed by atoms with Crippen molar-refractivity contribution < 1.29 is 38.0 Å². The zero-order chi connectivity index (χ0) is 44.2. The molecule has 1 saturated carbocycles. The van der Waals surface area contributed by atoms with E-state index in [1.807, 2.05) is 55.3 Å². The normalized spacial score (nSPS) is 17.2. The van der Waals surface area contributed by atoms with Crippen LogP contribution in [0.3, 0.4) is 0 Å². The van der Waals surface area contributed by atoms with Gasteiger partial charge in [0.15, 0.2) is 11.2 Å². The van der Waals surface area contributed by atoms with Gasteiger partial charge < -0.3 is 38.1 Å². The van der Waals surface area contributed by atoms with E-state index in [1.54, 1.807) is 18.9 Å². The highest BCUT2D eigenvalue weighted by atomic mass is 28.3. The molecule has 0 amide bonds. The van der Waals surface area contributed by atoms with Crippen molar-refractivity contribution in [2.24, 2.45) is 7.05 Å². The molecule has 1 aliphatic carbocycles. The third kappa shape index (κ3) is 13.0. The average Bonchev–Trinajstić information content (AvgIpc) is 3.85. The number of anilines is 1. The SMILES string of the molecule is C=C(OCC)c1c(N(COCC[Si](C)(C)C)COCC[Si](C)(C)C)n2ncc(-c3ccc(-c4ccn(C)n4)nc3)c2nc1[C@H]1CC[C@@](OCCOC)(C(=O)OCCOC)CC1. The second-order valence-corrected chi connectivity index (χ2v) is 29.4. The number of carbonyl (C=O) groups excluding carboxylic acids is 1. The molecule has 1 fully saturated rings. The van der Waals surface area contributed by atoms with Gasteiger partial charge >= 0.3 is 5.97 Å². The van der Waals surface area contributed by atoms with E-state index in [0.29, 0.717) is 70.1 Å².